The standard InChI is InChI=1S/C4H5ClF4/c5-2-4(8,9)1-3(6)7/h3H,1-2H2. The zero-order valence-electron chi connectivity index (χ0n) is 4.38. The van der Waals surface area contributed by atoms with Gasteiger partial charge >= 0.3 is 0 Å². The van der Waals surface area contributed by atoms with E-state index in [1.807, 2.05) is 0 Å². The molecule has 0 aliphatic carbocycles. The van der Waals surface area contributed by atoms with Gasteiger partial charge in [-0.05, 0) is 0 Å². The summed E-state index contributed by atoms with van der Waals surface area (Å²) in [5.41, 5.74) is 0. The van der Waals surface area contributed by atoms with Crippen molar-refractivity contribution < 1.29 is 17.6 Å². The van der Waals surface area contributed by atoms with Crippen LogP contribution in [0.4, 0.5) is 17.6 Å². The quantitative estimate of drug-likeness (QED) is 0.444. The van der Waals surface area contributed by atoms with Crippen molar-refractivity contribution >= 4 is 11.6 Å². The van der Waals surface area contributed by atoms with Crippen LogP contribution in [-0.4, -0.2) is 18.2 Å². The minimum absolute atomic E-state index is 1.04. The molecule has 0 aliphatic heterocycles. The predicted molar refractivity (Wildman–Crippen MR) is 26.3 cm³/mol. The van der Waals surface area contributed by atoms with Crippen LogP contribution in [0.1, 0.15) is 6.42 Å². The van der Waals surface area contributed by atoms with E-state index < -0.39 is 24.6 Å². The van der Waals surface area contributed by atoms with Gasteiger partial charge in [-0.1, -0.05) is 0 Å². The number of hydrogen-bond donors (Lipinski definition) is 0. The molecule has 0 saturated heterocycles. The van der Waals surface area contributed by atoms with Crippen molar-refractivity contribution in [2.24, 2.45) is 0 Å². The van der Waals surface area contributed by atoms with Crippen LogP contribution in [0.3, 0.4) is 0 Å². The largest absolute Gasteiger partial charge is 0.266 e. The molecule has 0 heterocycles. The maximum Gasteiger partial charge on any atom is 0.266 e. The Morgan fingerprint density at radius 2 is 1.78 bits per heavy atom. The van der Waals surface area contributed by atoms with Crippen LogP contribution < -0.4 is 0 Å². The molecular weight excluding hydrogens is 159 g/mol. The van der Waals surface area contributed by atoms with Crippen LogP contribution in [0.15, 0.2) is 0 Å². The SMILES string of the molecule is FC(F)CC(F)(F)CCl. The fourth-order valence-electron chi connectivity index (χ4n) is 0.280. The van der Waals surface area contributed by atoms with Crippen molar-refractivity contribution in [2.45, 2.75) is 18.8 Å². The zero-order valence-corrected chi connectivity index (χ0v) is 5.14. The van der Waals surface area contributed by atoms with E-state index in [1.54, 1.807) is 0 Å². The summed E-state index contributed by atoms with van der Waals surface area (Å²) in [6.45, 7) is 0. The smallest absolute Gasteiger partial charge is 0.210 e. The molecular formula is C4H5ClF4. The lowest BCUT2D eigenvalue weighted by molar-refractivity contribution is -0.0352. The van der Waals surface area contributed by atoms with Gasteiger partial charge < -0.3 is 0 Å². The van der Waals surface area contributed by atoms with Gasteiger partial charge in [-0.2, -0.15) is 0 Å². The Morgan fingerprint density at radius 1 is 1.33 bits per heavy atom. The van der Waals surface area contributed by atoms with E-state index in [2.05, 4.69) is 11.6 Å². The van der Waals surface area contributed by atoms with Gasteiger partial charge in [0.15, 0.2) is 0 Å². The Bertz CT molecular complexity index is 82.6. The van der Waals surface area contributed by atoms with Crippen LogP contribution in [0, 0.1) is 0 Å². The minimum Gasteiger partial charge on any atom is -0.210 e. The van der Waals surface area contributed by atoms with E-state index in [1.165, 1.54) is 0 Å². The van der Waals surface area contributed by atoms with Crippen LogP contribution in [0.2, 0.25) is 0 Å². The van der Waals surface area contributed by atoms with Gasteiger partial charge in [-0.25, -0.2) is 17.6 Å². The third kappa shape index (κ3) is 4.51. The summed E-state index contributed by atoms with van der Waals surface area (Å²) in [7, 11) is 0. The average Bonchev–Trinajstić information content (AvgIpc) is 1.63. The lowest BCUT2D eigenvalue weighted by Crippen LogP contribution is -2.21. The molecule has 0 radical (unpaired) electrons. The van der Waals surface area contributed by atoms with Crippen LogP contribution in [0.25, 0.3) is 0 Å². The number of alkyl halides is 5. The molecule has 9 heavy (non-hydrogen) atoms. The predicted octanol–water partition coefficient (Wildman–Crippen LogP) is 2.52. The van der Waals surface area contributed by atoms with E-state index in [0.717, 1.165) is 0 Å². The molecule has 0 atom stereocenters. The Kier molecular flexibility index (Phi) is 3.25. The molecule has 0 aliphatic rings. The molecule has 5 heteroatoms. The first-order chi connectivity index (χ1) is 3.98. The molecule has 0 aromatic carbocycles. The molecule has 0 N–H and O–H groups in total. The monoisotopic (exact) mass is 164 g/mol. The molecule has 0 aromatic heterocycles. The Labute approximate surface area is 54.8 Å². The summed E-state index contributed by atoms with van der Waals surface area (Å²) in [4.78, 5) is 0. The van der Waals surface area contributed by atoms with E-state index in [0.29, 0.717) is 0 Å². The van der Waals surface area contributed by atoms with Crippen LogP contribution in [0.5, 0.6) is 0 Å². The second kappa shape index (κ2) is 3.25. The third-order valence-corrected chi connectivity index (χ3v) is 1.04. The first-order valence-electron chi connectivity index (χ1n) is 2.20. The molecule has 0 unspecified atom stereocenters. The average molecular weight is 165 g/mol. The summed E-state index contributed by atoms with van der Waals surface area (Å²) in [6.07, 6.45) is -4.44. The highest BCUT2D eigenvalue weighted by molar-refractivity contribution is 6.18. The number of rotatable bonds is 3. The third-order valence-electron chi connectivity index (χ3n) is 0.648. The molecule has 0 nitrogen and oxygen atoms in total. The van der Waals surface area contributed by atoms with Crippen LogP contribution >= 0.6 is 11.6 Å². The number of halogens is 5. The fraction of sp³-hybridized carbons (Fsp3) is 1.00. The summed E-state index contributed by atoms with van der Waals surface area (Å²) in [5.74, 6) is -4.47. The van der Waals surface area contributed by atoms with E-state index in [9.17, 15) is 17.6 Å². The molecule has 0 rings (SSSR count). The summed E-state index contributed by atoms with van der Waals surface area (Å²) < 4.78 is 45.9. The second-order valence-corrected chi connectivity index (χ2v) is 1.85. The van der Waals surface area contributed by atoms with E-state index in [4.69, 9.17) is 0 Å². The Hall–Kier alpha value is 0.01000. The van der Waals surface area contributed by atoms with E-state index in [-0.39, 0.29) is 0 Å². The van der Waals surface area contributed by atoms with Gasteiger partial charge in [0.2, 0.25) is 6.43 Å². The Morgan fingerprint density at radius 3 is 1.89 bits per heavy atom. The highest BCUT2D eigenvalue weighted by Crippen LogP contribution is 2.23. The normalized spacial score (nSPS) is 12.7. The molecule has 0 amide bonds. The molecule has 0 fully saturated rings. The van der Waals surface area contributed by atoms with Crippen molar-refractivity contribution in [1.82, 2.24) is 0 Å². The molecule has 0 aromatic rings. The molecule has 0 bridgehead atoms. The second-order valence-electron chi connectivity index (χ2n) is 1.58. The minimum atomic E-state index is -3.42. The highest BCUT2D eigenvalue weighted by Gasteiger charge is 2.31. The maximum atomic E-state index is 11.8. The zero-order chi connectivity index (χ0) is 7.49. The van der Waals surface area contributed by atoms with Gasteiger partial charge in [-0.3, -0.25) is 0 Å². The molecule has 56 valence electrons. The number of hydrogen-bond acceptors (Lipinski definition) is 0. The summed E-state index contributed by atoms with van der Waals surface area (Å²) in [5, 5.41) is 0. The first-order valence-corrected chi connectivity index (χ1v) is 2.73. The summed E-state index contributed by atoms with van der Waals surface area (Å²) in [6, 6.07) is 0. The van der Waals surface area contributed by atoms with Crippen molar-refractivity contribution in [3.05, 3.63) is 0 Å². The lowest BCUT2D eigenvalue weighted by Gasteiger charge is -2.10. The molecule has 0 spiro atoms. The van der Waals surface area contributed by atoms with Crippen LogP contribution in [-0.2, 0) is 0 Å². The van der Waals surface area contributed by atoms with Crippen molar-refractivity contribution in [1.29, 1.82) is 0 Å². The van der Waals surface area contributed by atoms with Gasteiger partial charge in [0.1, 0.15) is 0 Å². The fourth-order valence-corrected chi connectivity index (χ4v) is 0.389. The summed E-state index contributed by atoms with van der Waals surface area (Å²) >= 11 is 4.65. The molecule has 0 saturated carbocycles. The Balaban J connectivity index is 3.58. The topological polar surface area (TPSA) is 0 Å². The van der Waals surface area contributed by atoms with Gasteiger partial charge in [0.05, 0.1) is 12.3 Å². The van der Waals surface area contributed by atoms with E-state index >= 15 is 0 Å². The van der Waals surface area contributed by atoms with Crippen molar-refractivity contribution in [2.75, 3.05) is 5.88 Å². The highest BCUT2D eigenvalue weighted by atomic mass is 35.5. The van der Waals surface area contributed by atoms with Gasteiger partial charge in [-0.15, -0.1) is 11.6 Å². The van der Waals surface area contributed by atoms with Crippen molar-refractivity contribution in [3.8, 4) is 0 Å². The first kappa shape index (κ1) is 9.01. The van der Waals surface area contributed by atoms with Gasteiger partial charge in [0, 0.05) is 0 Å². The lowest BCUT2D eigenvalue weighted by atomic mass is 10.3. The van der Waals surface area contributed by atoms with Gasteiger partial charge in [0.25, 0.3) is 5.92 Å². The van der Waals surface area contributed by atoms with Crippen molar-refractivity contribution in [3.63, 3.8) is 0 Å². The maximum absolute atomic E-state index is 11.8.